The molecule has 2 aromatic rings. The van der Waals surface area contributed by atoms with Gasteiger partial charge in [0.2, 0.25) is 0 Å². The van der Waals surface area contributed by atoms with E-state index in [1.807, 2.05) is 0 Å². The smallest absolute Gasteiger partial charge is 0.164 e. The topological polar surface area (TPSA) is 53.7 Å². The van der Waals surface area contributed by atoms with E-state index in [2.05, 4.69) is 0 Å². The molecule has 21 heavy (non-hydrogen) atoms. The summed E-state index contributed by atoms with van der Waals surface area (Å²) in [7, 11) is 4.66. The first-order chi connectivity index (χ1) is 10.1. The van der Waals surface area contributed by atoms with Crippen LogP contribution >= 0.6 is 0 Å². The van der Waals surface area contributed by atoms with Crippen molar-refractivity contribution in [2.75, 3.05) is 21.3 Å². The van der Waals surface area contributed by atoms with Gasteiger partial charge in [-0.05, 0) is 23.8 Å². The van der Waals surface area contributed by atoms with Crippen molar-refractivity contribution >= 4 is 0 Å². The summed E-state index contributed by atoms with van der Waals surface area (Å²) >= 11 is 0. The molecule has 2 N–H and O–H groups in total. The lowest BCUT2D eigenvalue weighted by atomic mass is 9.98. The average Bonchev–Trinajstić information content (AvgIpc) is 2.53. The molecule has 4 nitrogen and oxygen atoms in total. The maximum atomic E-state index is 13.0. The average molecular weight is 291 g/mol. The van der Waals surface area contributed by atoms with Crippen molar-refractivity contribution in [3.05, 3.63) is 53.3 Å². The van der Waals surface area contributed by atoms with Gasteiger partial charge >= 0.3 is 0 Å². The molecule has 5 heteroatoms. The predicted molar refractivity (Wildman–Crippen MR) is 78.5 cm³/mol. The molecule has 2 aromatic carbocycles. The van der Waals surface area contributed by atoms with Crippen LogP contribution < -0.4 is 19.9 Å². The van der Waals surface area contributed by atoms with Gasteiger partial charge in [-0.15, -0.1) is 0 Å². The number of halogens is 1. The first-order valence-corrected chi connectivity index (χ1v) is 6.41. The number of ether oxygens (including phenoxy) is 3. The van der Waals surface area contributed by atoms with Crippen LogP contribution in [0, 0.1) is 5.82 Å². The zero-order chi connectivity index (χ0) is 15.4. The minimum Gasteiger partial charge on any atom is -0.496 e. The van der Waals surface area contributed by atoms with Crippen molar-refractivity contribution < 1.29 is 18.6 Å². The minimum absolute atomic E-state index is 0.301. The molecule has 0 aromatic heterocycles. The highest BCUT2D eigenvalue weighted by molar-refractivity contribution is 5.53. The molecular weight excluding hydrogens is 273 g/mol. The fraction of sp³-hybridized carbons (Fsp3) is 0.250. The van der Waals surface area contributed by atoms with Crippen LogP contribution in [0.1, 0.15) is 17.2 Å². The number of methoxy groups -OCH3 is 3. The van der Waals surface area contributed by atoms with E-state index in [4.69, 9.17) is 19.9 Å². The van der Waals surface area contributed by atoms with E-state index in [9.17, 15) is 4.39 Å². The van der Waals surface area contributed by atoms with E-state index in [1.165, 1.54) is 12.1 Å². The zero-order valence-corrected chi connectivity index (χ0v) is 12.2. The third-order valence-electron chi connectivity index (χ3n) is 3.30. The summed E-state index contributed by atoms with van der Waals surface area (Å²) in [6, 6.07) is 9.08. The second kappa shape index (κ2) is 6.45. The van der Waals surface area contributed by atoms with Crippen LogP contribution in [0.4, 0.5) is 4.39 Å². The second-order valence-corrected chi connectivity index (χ2v) is 4.48. The highest BCUT2D eigenvalue weighted by Crippen LogP contribution is 2.38. The van der Waals surface area contributed by atoms with Crippen LogP contribution in [0.25, 0.3) is 0 Å². The maximum absolute atomic E-state index is 13.0. The van der Waals surface area contributed by atoms with Crippen molar-refractivity contribution in [2.45, 2.75) is 6.04 Å². The molecule has 0 amide bonds. The number of hydrogen-bond acceptors (Lipinski definition) is 4. The third kappa shape index (κ3) is 3.08. The van der Waals surface area contributed by atoms with Crippen LogP contribution in [0.15, 0.2) is 36.4 Å². The molecule has 0 fully saturated rings. The molecule has 0 bridgehead atoms. The number of hydrogen-bond donors (Lipinski definition) is 1. The molecule has 2 rings (SSSR count). The molecule has 1 unspecified atom stereocenters. The summed E-state index contributed by atoms with van der Waals surface area (Å²) in [6.07, 6.45) is 0. The molecule has 0 saturated heterocycles. The molecule has 0 aliphatic carbocycles. The number of nitrogens with two attached hydrogens (primary N) is 1. The van der Waals surface area contributed by atoms with Crippen LogP contribution in [0.2, 0.25) is 0 Å². The molecule has 0 aliphatic rings. The Morgan fingerprint density at radius 2 is 1.38 bits per heavy atom. The SMILES string of the molecule is COc1cc(OC)c(C(N)c2ccc(F)cc2)cc1OC. The highest BCUT2D eigenvalue weighted by Gasteiger charge is 2.18. The lowest BCUT2D eigenvalue weighted by molar-refractivity contribution is 0.347. The van der Waals surface area contributed by atoms with E-state index < -0.39 is 6.04 Å². The number of benzene rings is 2. The molecule has 1 atom stereocenters. The van der Waals surface area contributed by atoms with Crippen LogP contribution in [-0.4, -0.2) is 21.3 Å². The van der Waals surface area contributed by atoms with E-state index in [-0.39, 0.29) is 5.82 Å². The van der Waals surface area contributed by atoms with Crippen molar-refractivity contribution in [2.24, 2.45) is 5.73 Å². The highest BCUT2D eigenvalue weighted by atomic mass is 19.1. The van der Waals surface area contributed by atoms with E-state index in [0.29, 0.717) is 17.2 Å². The second-order valence-electron chi connectivity index (χ2n) is 4.48. The van der Waals surface area contributed by atoms with Gasteiger partial charge in [0, 0.05) is 11.6 Å². The van der Waals surface area contributed by atoms with Crippen molar-refractivity contribution in [1.82, 2.24) is 0 Å². The van der Waals surface area contributed by atoms with E-state index in [1.54, 1.807) is 45.6 Å². The third-order valence-corrected chi connectivity index (χ3v) is 3.30. The van der Waals surface area contributed by atoms with Gasteiger partial charge in [-0.2, -0.15) is 0 Å². The Labute approximate surface area is 123 Å². The molecule has 0 saturated carbocycles. The predicted octanol–water partition coefficient (Wildman–Crippen LogP) is 2.90. The van der Waals surface area contributed by atoms with E-state index in [0.717, 1.165) is 11.1 Å². The Bertz CT molecular complexity index is 614. The minimum atomic E-state index is -0.458. The van der Waals surface area contributed by atoms with Crippen LogP contribution in [-0.2, 0) is 0 Å². The maximum Gasteiger partial charge on any atom is 0.164 e. The largest absolute Gasteiger partial charge is 0.496 e. The van der Waals surface area contributed by atoms with Crippen LogP contribution in [0.5, 0.6) is 17.2 Å². The molecule has 0 aliphatic heterocycles. The normalized spacial score (nSPS) is 11.9. The molecule has 0 radical (unpaired) electrons. The monoisotopic (exact) mass is 291 g/mol. The summed E-state index contributed by atoms with van der Waals surface area (Å²) < 4.78 is 28.9. The molecular formula is C16H18FNO3. The van der Waals surface area contributed by atoms with Crippen LogP contribution in [0.3, 0.4) is 0 Å². The standard InChI is InChI=1S/C16H18FNO3/c1-19-13-9-15(21-3)14(20-2)8-12(13)16(18)10-4-6-11(17)7-5-10/h4-9,16H,18H2,1-3H3. The Balaban J connectivity index is 2.48. The van der Waals surface area contributed by atoms with Gasteiger partial charge in [0.25, 0.3) is 0 Å². The Morgan fingerprint density at radius 1 is 0.857 bits per heavy atom. The van der Waals surface area contributed by atoms with Crippen molar-refractivity contribution in [3.63, 3.8) is 0 Å². The summed E-state index contributed by atoms with van der Waals surface area (Å²) in [5, 5.41) is 0. The van der Waals surface area contributed by atoms with Gasteiger partial charge in [0.15, 0.2) is 11.5 Å². The first-order valence-electron chi connectivity index (χ1n) is 6.41. The lowest BCUT2D eigenvalue weighted by Gasteiger charge is -2.19. The fourth-order valence-corrected chi connectivity index (χ4v) is 2.15. The molecule has 0 heterocycles. The molecule has 112 valence electrons. The van der Waals surface area contributed by atoms with Gasteiger partial charge in [0.05, 0.1) is 27.4 Å². The quantitative estimate of drug-likeness (QED) is 0.920. The lowest BCUT2D eigenvalue weighted by Crippen LogP contribution is -2.13. The summed E-state index contributed by atoms with van der Waals surface area (Å²) in [6.45, 7) is 0. The van der Waals surface area contributed by atoms with Gasteiger partial charge in [-0.1, -0.05) is 12.1 Å². The van der Waals surface area contributed by atoms with Gasteiger partial charge < -0.3 is 19.9 Å². The van der Waals surface area contributed by atoms with Gasteiger partial charge in [0.1, 0.15) is 11.6 Å². The van der Waals surface area contributed by atoms with Crippen molar-refractivity contribution in [3.8, 4) is 17.2 Å². The Kier molecular flexibility index (Phi) is 4.65. The first kappa shape index (κ1) is 15.1. The summed E-state index contributed by atoms with van der Waals surface area (Å²) in [4.78, 5) is 0. The summed E-state index contributed by atoms with van der Waals surface area (Å²) in [5.41, 5.74) is 7.78. The van der Waals surface area contributed by atoms with Gasteiger partial charge in [-0.25, -0.2) is 4.39 Å². The van der Waals surface area contributed by atoms with Gasteiger partial charge in [-0.3, -0.25) is 0 Å². The zero-order valence-electron chi connectivity index (χ0n) is 12.2. The number of rotatable bonds is 5. The Hall–Kier alpha value is -2.27. The summed E-state index contributed by atoms with van der Waals surface area (Å²) in [5.74, 6) is 1.41. The Morgan fingerprint density at radius 3 is 1.90 bits per heavy atom. The van der Waals surface area contributed by atoms with E-state index >= 15 is 0 Å². The van der Waals surface area contributed by atoms with Crippen molar-refractivity contribution in [1.29, 1.82) is 0 Å². The molecule has 0 spiro atoms. The fourth-order valence-electron chi connectivity index (χ4n) is 2.15.